The van der Waals surface area contributed by atoms with E-state index in [0.717, 1.165) is 6.54 Å². The molecule has 0 saturated carbocycles. The van der Waals surface area contributed by atoms with Crippen LogP contribution >= 0.6 is 0 Å². The Kier molecular flexibility index (Phi) is 10.2. The number of likely N-dealkylation sites (N-methyl/N-ethyl adjacent to an activating group) is 1. The molecule has 1 fully saturated rings. The van der Waals surface area contributed by atoms with Gasteiger partial charge < -0.3 is 24.2 Å². The zero-order valence-corrected chi connectivity index (χ0v) is 20.7. The molecule has 0 N–H and O–H groups in total. The average molecular weight is 443 g/mol. The molecule has 31 heavy (non-hydrogen) atoms. The van der Waals surface area contributed by atoms with Gasteiger partial charge in [-0.2, -0.15) is 0 Å². The summed E-state index contributed by atoms with van der Waals surface area (Å²) in [5.74, 6) is 0.0923. The topological polar surface area (TPSA) is 82.6 Å². The van der Waals surface area contributed by atoms with Gasteiger partial charge >= 0.3 is 12.2 Å². The van der Waals surface area contributed by atoms with Crippen LogP contribution in [0.15, 0.2) is 0 Å². The minimum Gasteiger partial charge on any atom is -0.444 e. The third-order valence-electron chi connectivity index (χ3n) is 4.63. The van der Waals surface area contributed by atoms with Crippen LogP contribution in [0.5, 0.6) is 0 Å². The lowest BCUT2D eigenvalue weighted by molar-refractivity contribution is -0.118. The van der Waals surface area contributed by atoms with Crippen molar-refractivity contribution in [2.75, 3.05) is 66.0 Å². The fourth-order valence-corrected chi connectivity index (χ4v) is 3.05. The van der Waals surface area contributed by atoms with Crippen LogP contribution in [0.3, 0.4) is 0 Å². The first kappa shape index (κ1) is 27.2. The summed E-state index contributed by atoms with van der Waals surface area (Å²) in [7, 11) is 2.00. The monoisotopic (exact) mass is 442 g/mol. The molecule has 2 amide bonds. The molecule has 0 aliphatic carbocycles. The Hall–Kier alpha value is -1.87. The van der Waals surface area contributed by atoms with E-state index in [9.17, 15) is 14.4 Å². The lowest BCUT2D eigenvalue weighted by Gasteiger charge is -2.34. The highest BCUT2D eigenvalue weighted by Crippen LogP contribution is 2.13. The van der Waals surface area contributed by atoms with Crippen LogP contribution in [0.25, 0.3) is 0 Å². The number of carbonyl (C=O) groups excluding carboxylic acids is 3. The van der Waals surface area contributed by atoms with Crippen molar-refractivity contribution in [1.29, 1.82) is 0 Å². The average Bonchev–Trinajstić information content (AvgIpc) is 2.56. The van der Waals surface area contributed by atoms with Crippen LogP contribution in [0, 0.1) is 0 Å². The fraction of sp³-hybridized carbons (Fsp3) is 0.864. The molecule has 0 aromatic heterocycles. The summed E-state index contributed by atoms with van der Waals surface area (Å²) in [5, 5.41) is 0. The minimum absolute atomic E-state index is 0.0923. The Bertz CT molecular complexity index is 612. The van der Waals surface area contributed by atoms with Crippen LogP contribution in [0.2, 0.25) is 0 Å². The molecule has 0 bridgehead atoms. The number of ether oxygens (including phenoxy) is 2. The molecule has 0 unspecified atom stereocenters. The second-order valence-electron chi connectivity index (χ2n) is 10.2. The predicted octanol–water partition coefficient (Wildman–Crippen LogP) is 2.30. The van der Waals surface area contributed by atoms with Gasteiger partial charge in [-0.05, 0) is 55.5 Å². The molecular formula is C22H42N4O5. The first-order valence-electron chi connectivity index (χ1n) is 11.0. The lowest BCUT2D eigenvalue weighted by Crippen LogP contribution is -2.50. The van der Waals surface area contributed by atoms with Crippen LogP contribution in [-0.4, -0.2) is 115 Å². The van der Waals surface area contributed by atoms with Gasteiger partial charge in [-0.25, -0.2) is 9.59 Å². The maximum atomic E-state index is 12.8. The summed E-state index contributed by atoms with van der Waals surface area (Å²) in [6, 6.07) is 0. The summed E-state index contributed by atoms with van der Waals surface area (Å²) >= 11 is 0. The predicted molar refractivity (Wildman–Crippen MR) is 120 cm³/mol. The van der Waals surface area contributed by atoms with Gasteiger partial charge in [-0.15, -0.1) is 0 Å². The second kappa shape index (κ2) is 11.7. The molecular weight excluding hydrogens is 400 g/mol. The number of carbonyl (C=O) groups is 3. The number of nitrogens with zero attached hydrogens (tertiary/aromatic N) is 4. The SMILES string of the molecule is CC(=O)CN1CCN(C)CCN(C(=O)OC(C)(C)C)CCN(C(=O)OC(C)(C)C)CC1. The molecule has 1 aliphatic rings. The van der Waals surface area contributed by atoms with Crippen molar-refractivity contribution in [1.82, 2.24) is 19.6 Å². The van der Waals surface area contributed by atoms with Crippen molar-refractivity contribution in [2.24, 2.45) is 0 Å². The van der Waals surface area contributed by atoms with Crippen molar-refractivity contribution in [2.45, 2.75) is 59.7 Å². The van der Waals surface area contributed by atoms with Gasteiger partial charge in [0.15, 0.2) is 0 Å². The molecule has 0 atom stereocenters. The Morgan fingerprint density at radius 1 is 0.677 bits per heavy atom. The van der Waals surface area contributed by atoms with E-state index in [1.54, 1.807) is 16.7 Å². The van der Waals surface area contributed by atoms with E-state index in [1.165, 1.54) is 0 Å². The van der Waals surface area contributed by atoms with E-state index in [2.05, 4.69) is 9.80 Å². The van der Waals surface area contributed by atoms with E-state index in [1.807, 2.05) is 48.6 Å². The van der Waals surface area contributed by atoms with Crippen molar-refractivity contribution in [3.63, 3.8) is 0 Å². The third kappa shape index (κ3) is 11.9. The summed E-state index contributed by atoms with van der Waals surface area (Å²) < 4.78 is 11.1. The summed E-state index contributed by atoms with van der Waals surface area (Å²) in [6.07, 6.45) is -0.811. The lowest BCUT2D eigenvalue weighted by atomic mass is 10.2. The molecule has 1 saturated heterocycles. The number of ketones is 1. The van der Waals surface area contributed by atoms with Crippen LogP contribution in [0.1, 0.15) is 48.5 Å². The van der Waals surface area contributed by atoms with E-state index in [-0.39, 0.29) is 11.9 Å². The largest absolute Gasteiger partial charge is 0.444 e. The van der Waals surface area contributed by atoms with Gasteiger partial charge in [0.05, 0.1) is 6.54 Å². The Balaban J connectivity index is 3.01. The third-order valence-corrected chi connectivity index (χ3v) is 4.63. The summed E-state index contributed by atoms with van der Waals surface area (Å²) in [5.41, 5.74) is -1.21. The zero-order valence-electron chi connectivity index (χ0n) is 20.7. The molecule has 0 radical (unpaired) electrons. The van der Waals surface area contributed by atoms with Gasteiger partial charge in [0.25, 0.3) is 0 Å². The molecule has 0 aromatic rings. The van der Waals surface area contributed by atoms with E-state index in [0.29, 0.717) is 52.4 Å². The van der Waals surface area contributed by atoms with Crippen molar-refractivity contribution in [3.8, 4) is 0 Å². The molecule has 1 rings (SSSR count). The number of amides is 2. The van der Waals surface area contributed by atoms with Gasteiger partial charge in [-0.1, -0.05) is 0 Å². The highest BCUT2D eigenvalue weighted by Gasteiger charge is 2.27. The van der Waals surface area contributed by atoms with Gasteiger partial charge in [-0.3, -0.25) is 9.69 Å². The molecule has 9 heteroatoms. The molecule has 9 nitrogen and oxygen atoms in total. The summed E-state index contributed by atoms with van der Waals surface area (Å²) in [4.78, 5) is 44.7. The Morgan fingerprint density at radius 3 is 1.45 bits per heavy atom. The van der Waals surface area contributed by atoms with Crippen LogP contribution < -0.4 is 0 Å². The van der Waals surface area contributed by atoms with Crippen LogP contribution in [0.4, 0.5) is 9.59 Å². The Morgan fingerprint density at radius 2 is 1.03 bits per heavy atom. The zero-order chi connectivity index (χ0) is 23.8. The van der Waals surface area contributed by atoms with Crippen LogP contribution in [-0.2, 0) is 14.3 Å². The summed E-state index contributed by atoms with van der Waals surface area (Å²) in [6.45, 7) is 17.1. The molecule has 180 valence electrons. The first-order valence-corrected chi connectivity index (χ1v) is 11.0. The number of rotatable bonds is 2. The molecule has 0 spiro atoms. The van der Waals surface area contributed by atoms with Gasteiger partial charge in [0.1, 0.15) is 17.0 Å². The highest BCUT2D eigenvalue weighted by atomic mass is 16.6. The highest BCUT2D eigenvalue weighted by molar-refractivity contribution is 5.77. The van der Waals surface area contributed by atoms with Crippen molar-refractivity contribution in [3.05, 3.63) is 0 Å². The van der Waals surface area contributed by atoms with Gasteiger partial charge in [0.2, 0.25) is 0 Å². The second-order valence-corrected chi connectivity index (χ2v) is 10.2. The van der Waals surface area contributed by atoms with Crippen molar-refractivity contribution >= 4 is 18.0 Å². The standard InChI is InChI=1S/C22H42N4O5/c1-18(27)17-24-11-9-23(8)10-13-25(19(28)30-21(2,3)4)15-16-26(14-12-24)20(29)31-22(5,6)7/h9-17H2,1-8H3. The smallest absolute Gasteiger partial charge is 0.410 e. The molecule has 1 heterocycles. The maximum absolute atomic E-state index is 12.8. The molecule has 0 aromatic carbocycles. The number of hydrogen-bond donors (Lipinski definition) is 0. The minimum atomic E-state index is -0.618. The van der Waals surface area contributed by atoms with Gasteiger partial charge in [0, 0.05) is 52.4 Å². The van der Waals surface area contributed by atoms with E-state index in [4.69, 9.17) is 9.47 Å². The van der Waals surface area contributed by atoms with E-state index >= 15 is 0 Å². The Labute approximate surface area is 187 Å². The fourth-order valence-electron chi connectivity index (χ4n) is 3.05. The number of hydrogen-bond acceptors (Lipinski definition) is 7. The first-order chi connectivity index (χ1) is 14.2. The van der Waals surface area contributed by atoms with Crippen molar-refractivity contribution < 1.29 is 23.9 Å². The maximum Gasteiger partial charge on any atom is 0.410 e. The normalized spacial score (nSPS) is 18.7. The molecule has 1 aliphatic heterocycles. The quantitative estimate of drug-likeness (QED) is 0.649. The van der Waals surface area contributed by atoms with E-state index < -0.39 is 17.3 Å². The number of Topliss-reactive ketones (excluding diaryl/α,β-unsaturated/α-hetero) is 1.